The zero-order valence-corrected chi connectivity index (χ0v) is 17.0. The van der Waals surface area contributed by atoms with Crippen LogP contribution in [0, 0.1) is 29.1 Å². The summed E-state index contributed by atoms with van der Waals surface area (Å²) < 4.78 is 95.6. The number of ether oxygens (including phenoxy) is 1. The van der Waals surface area contributed by atoms with Crippen molar-refractivity contribution in [3.05, 3.63) is 58.4 Å². The Kier molecular flexibility index (Phi) is 7.68. The Labute approximate surface area is 172 Å². The van der Waals surface area contributed by atoms with E-state index in [2.05, 4.69) is 4.52 Å². The summed E-state index contributed by atoms with van der Waals surface area (Å²) in [6.07, 6.45) is 0. The number of hydrogen-bond donors (Lipinski definition) is 1. The van der Waals surface area contributed by atoms with Crippen molar-refractivity contribution >= 4 is 25.3 Å². The van der Waals surface area contributed by atoms with Crippen molar-refractivity contribution < 1.29 is 45.1 Å². The number of carbonyl (C=O) groups excluding carboxylic acids is 1. The van der Waals surface area contributed by atoms with Gasteiger partial charge in [0.2, 0.25) is 34.8 Å². The highest BCUT2D eigenvalue weighted by Gasteiger charge is 2.38. The van der Waals surface area contributed by atoms with Crippen molar-refractivity contribution in [3.8, 4) is 11.5 Å². The van der Waals surface area contributed by atoms with Crippen LogP contribution in [0.1, 0.15) is 13.8 Å². The van der Waals surface area contributed by atoms with Gasteiger partial charge in [-0.15, -0.1) is 0 Å². The Bertz CT molecular complexity index is 962. The van der Waals surface area contributed by atoms with Gasteiger partial charge in [-0.2, -0.15) is 13.9 Å². The third-order valence-corrected chi connectivity index (χ3v) is 5.24. The minimum Gasteiger partial charge on any atom is -0.465 e. The van der Waals surface area contributed by atoms with Gasteiger partial charge in [0.25, 0.3) is 0 Å². The summed E-state index contributed by atoms with van der Waals surface area (Å²) in [7, 11) is -4.95. The van der Waals surface area contributed by atoms with Crippen LogP contribution in [0.3, 0.4) is 0 Å². The second-order valence-electron chi connectivity index (χ2n) is 5.64. The lowest BCUT2D eigenvalue weighted by Gasteiger charge is -2.23. The van der Waals surface area contributed by atoms with Crippen molar-refractivity contribution in [2.24, 2.45) is 0 Å². The standard InChI is InChI=1S/C17H14ClF5NO5P/c1-3-27-17(25)8(2)24-30(26,28-10-6-4-9(18)5-7-10)29-16-14(22)12(20)11(19)13(21)15(16)23/h4-8H,3H2,1-2H3,(H,24,26)/t8-,30-/m0/s1. The van der Waals surface area contributed by atoms with Gasteiger partial charge < -0.3 is 13.8 Å². The molecule has 0 spiro atoms. The molecule has 1 N–H and O–H groups in total. The average molecular weight is 474 g/mol. The minimum atomic E-state index is -4.95. The SMILES string of the molecule is CCOC(=O)[C@H](C)N[P@](=O)(Oc1ccc(Cl)cc1)Oc1c(F)c(F)c(F)c(F)c1F. The molecule has 0 aliphatic carbocycles. The van der Waals surface area contributed by atoms with Gasteiger partial charge in [0.05, 0.1) is 6.61 Å². The first-order chi connectivity index (χ1) is 14.0. The van der Waals surface area contributed by atoms with Crippen LogP contribution in [-0.2, 0) is 14.1 Å². The van der Waals surface area contributed by atoms with Gasteiger partial charge in [0.1, 0.15) is 11.8 Å². The molecule has 0 radical (unpaired) electrons. The Hall–Kier alpha value is -2.36. The topological polar surface area (TPSA) is 73.9 Å². The van der Waals surface area contributed by atoms with Crippen LogP contribution in [0.25, 0.3) is 0 Å². The maximum Gasteiger partial charge on any atom is 0.513 e. The predicted octanol–water partition coefficient (Wildman–Crippen LogP) is 5.14. The molecule has 0 bridgehead atoms. The monoisotopic (exact) mass is 473 g/mol. The van der Waals surface area contributed by atoms with Crippen molar-refractivity contribution in [2.45, 2.75) is 19.9 Å². The zero-order chi connectivity index (χ0) is 22.6. The molecule has 0 amide bonds. The van der Waals surface area contributed by atoms with E-state index in [0.717, 1.165) is 6.92 Å². The Morgan fingerprint density at radius 2 is 1.50 bits per heavy atom. The van der Waals surface area contributed by atoms with Crippen LogP contribution in [0.4, 0.5) is 22.0 Å². The summed E-state index contributed by atoms with van der Waals surface area (Å²) in [5, 5.41) is 2.28. The summed E-state index contributed by atoms with van der Waals surface area (Å²) in [5.41, 5.74) is 0. The third-order valence-electron chi connectivity index (χ3n) is 3.41. The molecule has 2 aromatic rings. The van der Waals surface area contributed by atoms with E-state index in [0.29, 0.717) is 0 Å². The first-order valence-corrected chi connectivity index (χ1v) is 10.1. The van der Waals surface area contributed by atoms with E-state index in [4.69, 9.17) is 20.9 Å². The second kappa shape index (κ2) is 9.63. The van der Waals surface area contributed by atoms with Crippen LogP contribution in [0.5, 0.6) is 11.5 Å². The van der Waals surface area contributed by atoms with Crippen molar-refractivity contribution in [1.82, 2.24) is 5.09 Å². The fraction of sp³-hybridized carbons (Fsp3) is 0.235. The number of benzene rings is 2. The van der Waals surface area contributed by atoms with Gasteiger partial charge >= 0.3 is 13.7 Å². The lowest BCUT2D eigenvalue weighted by atomic mass is 10.3. The molecule has 0 saturated carbocycles. The molecule has 164 valence electrons. The van der Waals surface area contributed by atoms with Crippen LogP contribution in [-0.4, -0.2) is 18.6 Å². The normalized spacial score (nSPS) is 14.0. The van der Waals surface area contributed by atoms with E-state index in [9.17, 15) is 31.3 Å². The Morgan fingerprint density at radius 3 is 2.00 bits per heavy atom. The van der Waals surface area contributed by atoms with Gasteiger partial charge in [-0.05, 0) is 38.1 Å². The minimum absolute atomic E-state index is 0.0499. The highest BCUT2D eigenvalue weighted by atomic mass is 35.5. The quantitative estimate of drug-likeness (QED) is 0.188. The molecule has 2 aromatic carbocycles. The smallest absolute Gasteiger partial charge is 0.465 e. The summed E-state index contributed by atoms with van der Waals surface area (Å²) >= 11 is 5.71. The number of nitrogens with one attached hydrogen (secondary N) is 1. The largest absolute Gasteiger partial charge is 0.513 e. The first-order valence-electron chi connectivity index (χ1n) is 8.19. The van der Waals surface area contributed by atoms with Crippen LogP contribution in [0.2, 0.25) is 5.02 Å². The molecule has 0 aromatic heterocycles. The number of rotatable bonds is 8. The highest BCUT2D eigenvalue weighted by Crippen LogP contribution is 2.47. The first kappa shape index (κ1) is 23.9. The zero-order valence-electron chi connectivity index (χ0n) is 15.4. The molecule has 2 atom stereocenters. The molecule has 0 saturated heterocycles. The van der Waals surface area contributed by atoms with Crippen molar-refractivity contribution in [1.29, 1.82) is 0 Å². The Balaban J connectivity index is 2.47. The molecule has 6 nitrogen and oxygen atoms in total. The number of carbonyl (C=O) groups is 1. The van der Waals surface area contributed by atoms with E-state index < -0.39 is 54.6 Å². The maximum atomic E-state index is 14.0. The molecule has 0 unspecified atom stereocenters. The van der Waals surface area contributed by atoms with Gasteiger partial charge in [0.15, 0.2) is 0 Å². The van der Waals surface area contributed by atoms with E-state index in [-0.39, 0.29) is 17.4 Å². The summed E-state index contributed by atoms with van der Waals surface area (Å²) in [6, 6.07) is 3.56. The van der Waals surface area contributed by atoms with E-state index in [1.165, 1.54) is 31.2 Å². The molecule has 2 rings (SSSR count). The van der Waals surface area contributed by atoms with Crippen LogP contribution >= 0.6 is 19.3 Å². The summed E-state index contributed by atoms with van der Waals surface area (Å²) in [5.74, 6) is -14.8. The van der Waals surface area contributed by atoms with Gasteiger partial charge in [-0.3, -0.25) is 4.79 Å². The summed E-state index contributed by atoms with van der Waals surface area (Å²) in [6.45, 7) is 2.59. The third kappa shape index (κ3) is 5.41. The van der Waals surface area contributed by atoms with Crippen LogP contribution < -0.4 is 14.1 Å². The van der Waals surface area contributed by atoms with Crippen molar-refractivity contribution in [2.75, 3.05) is 6.61 Å². The number of esters is 1. The lowest BCUT2D eigenvalue weighted by molar-refractivity contribution is -0.144. The fourth-order valence-corrected chi connectivity index (χ4v) is 3.70. The van der Waals surface area contributed by atoms with Gasteiger partial charge in [-0.25, -0.2) is 17.7 Å². The van der Waals surface area contributed by atoms with Gasteiger partial charge in [0, 0.05) is 5.02 Å². The molecular formula is C17H14ClF5NO5P. The van der Waals surface area contributed by atoms with E-state index >= 15 is 0 Å². The molecular weight excluding hydrogens is 460 g/mol. The predicted molar refractivity (Wildman–Crippen MR) is 95.8 cm³/mol. The van der Waals surface area contributed by atoms with E-state index in [1.54, 1.807) is 0 Å². The molecule has 0 aliphatic rings. The van der Waals surface area contributed by atoms with E-state index in [1.807, 2.05) is 5.09 Å². The molecule has 0 aliphatic heterocycles. The number of hydrogen-bond acceptors (Lipinski definition) is 5. The molecule has 0 heterocycles. The summed E-state index contributed by atoms with van der Waals surface area (Å²) in [4.78, 5) is 11.8. The lowest BCUT2D eigenvalue weighted by Crippen LogP contribution is -2.36. The average Bonchev–Trinajstić information content (AvgIpc) is 2.70. The van der Waals surface area contributed by atoms with Crippen LogP contribution in [0.15, 0.2) is 24.3 Å². The van der Waals surface area contributed by atoms with Crippen molar-refractivity contribution in [3.63, 3.8) is 0 Å². The molecule has 0 fully saturated rings. The highest BCUT2D eigenvalue weighted by molar-refractivity contribution is 7.52. The fourth-order valence-electron chi connectivity index (χ4n) is 2.05. The number of halogens is 6. The second-order valence-corrected chi connectivity index (χ2v) is 7.69. The Morgan fingerprint density at radius 1 is 1.00 bits per heavy atom. The molecule has 30 heavy (non-hydrogen) atoms. The molecule has 13 heteroatoms. The maximum absolute atomic E-state index is 14.0. The van der Waals surface area contributed by atoms with Gasteiger partial charge in [-0.1, -0.05) is 11.6 Å².